The largest absolute Gasteiger partial charge is 0.330 e. The third-order valence-electron chi connectivity index (χ3n) is 3.90. The second kappa shape index (κ2) is 9.16. The highest BCUT2D eigenvalue weighted by molar-refractivity contribution is 7.80. The Labute approximate surface area is 172 Å². The van der Waals surface area contributed by atoms with Gasteiger partial charge in [0.25, 0.3) is 5.69 Å². The van der Waals surface area contributed by atoms with E-state index in [1.54, 1.807) is 0 Å². The van der Waals surface area contributed by atoms with E-state index in [-0.39, 0.29) is 10.8 Å². The van der Waals surface area contributed by atoms with Crippen molar-refractivity contribution in [3.63, 3.8) is 0 Å². The first-order valence-electron chi connectivity index (χ1n) is 8.41. The first kappa shape index (κ1) is 19.6. The van der Waals surface area contributed by atoms with Crippen molar-refractivity contribution in [3.05, 3.63) is 99.6 Å². The molecule has 0 aliphatic heterocycles. The van der Waals surface area contributed by atoms with Crippen LogP contribution in [0.3, 0.4) is 0 Å². The zero-order chi connectivity index (χ0) is 19.9. The summed E-state index contributed by atoms with van der Waals surface area (Å²) in [5.74, 6) is 0. The van der Waals surface area contributed by atoms with Crippen LogP contribution in [-0.4, -0.2) is 10.0 Å². The van der Waals surface area contributed by atoms with Gasteiger partial charge >= 0.3 is 0 Å². The smallest absolute Gasteiger partial charge is 0.271 e. The number of benzene rings is 3. The standard InChI is InChI=1S/C20H17ClN4O2S/c21-18-12-11-17(25(26)27)13-19(18)22-20(28)23-24(16-9-5-2-6-10-16)14-15-7-3-1-4-8-15/h1-13H,14H2,(H2,22,23,28). The second-order valence-corrected chi connectivity index (χ2v) is 6.71. The molecule has 0 saturated heterocycles. The highest BCUT2D eigenvalue weighted by Gasteiger charge is 2.13. The van der Waals surface area contributed by atoms with Gasteiger partial charge in [0, 0.05) is 12.1 Å². The van der Waals surface area contributed by atoms with E-state index in [0.717, 1.165) is 11.3 Å². The van der Waals surface area contributed by atoms with Gasteiger partial charge in [0.15, 0.2) is 5.11 Å². The first-order chi connectivity index (χ1) is 13.5. The molecule has 3 rings (SSSR count). The summed E-state index contributed by atoms with van der Waals surface area (Å²) in [5.41, 5.74) is 5.43. The van der Waals surface area contributed by atoms with Gasteiger partial charge in [-0.1, -0.05) is 60.1 Å². The van der Waals surface area contributed by atoms with Crippen LogP contribution in [0.15, 0.2) is 78.9 Å². The summed E-state index contributed by atoms with van der Waals surface area (Å²) in [5, 5.41) is 16.4. The van der Waals surface area contributed by atoms with E-state index in [2.05, 4.69) is 10.7 Å². The van der Waals surface area contributed by atoms with Gasteiger partial charge in [0.2, 0.25) is 0 Å². The number of para-hydroxylation sites is 1. The van der Waals surface area contributed by atoms with E-state index in [9.17, 15) is 10.1 Å². The molecule has 0 aliphatic rings. The molecule has 3 aromatic carbocycles. The summed E-state index contributed by atoms with van der Waals surface area (Å²) in [6.45, 7) is 0.565. The van der Waals surface area contributed by atoms with Gasteiger partial charge in [-0.25, -0.2) is 0 Å². The molecule has 0 saturated carbocycles. The van der Waals surface area contributed by atoms with Gasteiger partial charge in [0.1, 0.15) is 0 Å². The van der Waals surface area contributed by atoms with E-state index in [1.165, 1.54) is 18.2 Å². The van der Waals surface area contributed by atoms with Crippen LogP contribution in [0.25, 0.3) is 0 Å². The maximum absolute atomic E-state index is 11.0. The average molecular weight is 413 g/mol. The lowest BCUT2D eigenvalue weighted by molar-refractivity contribution is -0.384. The van der Waals surface area contributed by atoms with Gasteiger partial charge in [-0.15, -0.1) is 0 Å². The number of rotatable bonds is 6. The molecule has 0 aliphatic carbocycles. The molecule has 0 bridgehead atoms. The topological polar surface area (TPSA) is 70.4 Å². The van der Waals surface area contributed by atoms with Crippen LogP contribution in [-0.2, 0) is 6.54 Å². The lowest BCUT2D eigenvalue weighted by Crippen LogP contribution is -2.44. The van der Waals surface area contributed by atoms with Crippen LogP contribution in [0.2, 0.25) is 5.02 Å². The molecular formula is C20H17ClN4O2S. The fourth-order valence-corrected chi connectivity index (χ4v) is 2.95. The first-order valence-corrected chi connectivity index (χ1v) is 9.19. The number of thiocarbonyl (C=S) groups is 1. The van der Waals surface area contributed by atoms with Crippen molar-refractivity contribution in [1.29, 1.82) is 0 Å². The number of halogens is 1. The summed E-state index contributed by atoms with van der Waals surface area (Å²) in [6.07, 6.45) is 0. The zero-order valence-electron chi connectivity index (χ0n) is 14.7. The molecule has 0 fully saturated rings. The lowest BCUT2D eigenvalue weighted by Gasteiger charge is -2.27. The minimum atomic E-state index is -0.482. The fourth-order valence-electron chi connectivity index (χ4n) is 2.56. The van der Waals surface area contributed by atoms with E-state index in [4.69, 9.17) is 23.8 Å². The van der Waals surface area contributed by atoms with Crippen LogP contribution in [0.4, 0.5) is 17.1 Å². The molecule has 6 nitrogen and oxygen atoms in total. The Morgan fingerprint density at radius 1 is 1.04 bits per heavy atom. The molecule has 8 heteroatoms. The van der Waals surface area contributed by atoms with E-state index < -0.39 is 4.92 Å². The summed E-state index contributed by atoms with van der Waals surface area (Å²) in [4.78, 5) is 10.5. The monoisotopic (exact) mass is 412 g/mol. The second-order valence-electron chi connectivity index (χ2n) is 5.89. The lowest BCUT2D eigenvalue weighted by atomic mass is 10.2. The van der Waals surface area contributed by atoms with E-state index >= 15 is 0 Å². The Morgan fingerprint density at radius 3 is 2.32 bits per heavy atom. The third-order valence-corrected chi connectivity index (χ3v) is 4.42. The summed E-state index contributed by atoms with van der Waals surface area (Å²) >= 11 is 11.5. The average Bonchev–Trinajstić information content (AvgIpc) is 2.70. The highest BCUT2D eigenvalue weighted by Crippen LogP contribution is 2.26. The van der Waals surface area contributed by atoms with Gasteiger partial charge in [-0.05, 0) is 36.0 Å². The van der Waals surface area contributed by atoms with Crippen LogP contribution in [0.5, 0.6) is 0 Å². The Morgan fingerprint density at radius 2 is 1.68 bits per heavy atom. The van der Waals surface area contributed by atoms with E-state index in [1.807, 2.05) is 65.7 Å². The van der Waals surface area contributed by atoms with Gasteiger partial charge < -0.3 is 5.32 Å². The number of non-ortho nitro benzene ring substituents is 1. The zero-order valence-corrected chi connectivity index (χ0v) is 16.3. The number of nitro groups is 1. The van der Waals surface area contributed by atoms with Crippen LogP contribution < -0.4 is 15.8 Å². The minimum absolute atomic E-state index is 0.0705. The summed E-state index contributed by atoms with van der Waals surface area (Å²) in [7, 11) is 0. The molecule has 0 aromatic heterocycles. The molecule has 0 unspecified atom stereocenters. The van der Waals surface area contributed by atoms with Crippen molar-refractivity contribution in [2.75, 3.05) is 10.3 Å². The molecule has 0 radical (unpaired) electrons. The minimum Gasteiger partial charge on any atom is -0.330 e. The van der Waals surface area contributed by atoms with Gasteiger partial charge in [-0.3, -0.25) is 20.5 Å². The quantitative estimate of drug-likeness (QED) is 0.331. The van der Waals surface area contributed by atoms with Crippen molar-refractivity contribution < 1.29 is 4.92 Å². The fraction of sp³-hybridized carbons (Fsp3) is 0.0500. The Bertz CT molecular complexity index is 970. The van der Waals surface area contributed by atoms with Crippen molar-refractivity contribution in [2.45, 2.75) is 6.54 Å². The molecule has 0 atom stereocenters. The summed E-state index contributed by atoms with van der Waals surface area (Å²) < 4.78 is 0. The van der Waals surface area contributed by atoms with Crippen molar-refractivity contribution in [1.82, 2.24) is 5.43 Å². The number of anilines is 2. The van der Waals surface area contributed by atoms with Crippen LogP contribution in [0, 0.1) is 10.1 Å². The van der Waals surface area contributed by atoms with Crippen molar-refractivity contribution in [2.24, 2.45) is 0 Å². The summed E-state index contributed by atoms with van der Waals surface area (Å²) in [6, 6.07) is 23.8. The third kappa shape index (κ3) is 5.18. The highest BCUT2D eigenvalue weighted by atomic mass is 35.5. The van der Waals surface area contributed by atoms with Crippen LogP contribution in [0.1, 0.15) is 5.56 Å². The molecule has 3 aromatic rings. The number of nitrogens with one attached hydrogen (secondary N) is 2. The van der Waals surface area contributed by atoms with Crippen molar-refractivity contribution in [3.8, 4) is 0 Å². The molecule has 0 spiro atoms. The molecule has 28 heavy (non-hydrogen) atoms. The van der Waals surface area contributed by atoms with Gasteiger partial charge in [0.05, 0.1) is 27.9 Å². The number of hydrogen-bond acceptors (Lipinski definition) is 4. The molecular weight excluding hydrogens is 396 g/mol. The maximum Gasteiger partial charge on any atom is 0.271 e. The van der Waals surface area contributed by atoms with Crippen LogP contribution >= 0.6 is 23.8 Å². The normalized spacial score (nSPS) is 10.2. The Kier molecular flexibility index (Phi) is 6.41. The predicted molar refractivity (Wildman–Crippen MR) is 117 cm³/mol. The maximum atomic E-state index is 11.0. The molecule has 2 N–H and O–H groups in total. The number of hydrogen-bond donors (Lipinski definition) is 2. The molecule has 0 amide bonds. The number of nitrogens with zero attached hydrogens (tertiary/aromatic N) is 2. The number of hydrazine groups is 1. The van der Waals surface area contributed by atoms with Gasteiger partial charge in [-0.2, -0.15) is 0 Å². The van der Waals surface area contributed by atoms with Crippen molar-refractivity contribution >= 4 is 46.0 Å². The van der Waals surface area contributed by atoms with E-state index in [0.29, 0.717) is 17.3 Å². The molecule has 0 heterocycles. The predicted octanol–water partition coefficient (Wildman–Crippen LogP) is 5.16. The molecule has 142 valence electrons. The Hall–Kier alpha value is -3.16. The number of nitro benzene ring substituents is 1. The SMILES string of the molecule is O=[N+]([O-])c1ccc(Cl)c(NC(=S)NN(Cc2ccccc2)c2ccccc2)c1. The Balaban J connectivity index is 1.78.